The van der Waals surface area contributed by atoms with E-state index in [-0.39, 0.29) is 11.5 Å². The number of benzene rings is 2. The molecule has 0 aliphatic carbocycles. The summed E-state index contributed by atoms with van der Waals surface area (Å²) in [6.07, 6.45) is 4.16. The van der Waals surface area contributed by atoms with Gasteiger partial charge >= 0.3 is 0 Å². The lowest BCUT2D eigenvalue weighted by molar-refractivity contribution is 0.122. The normalized spacial score (nSPS) is 14.5. The summed E-state index contributed by atoms with van der Waals surface area (Å²) in [5.74, 6) is 1.85. The number of nitrogens with two attached hydrogens (primary N) is 1. The molecule has 9 heteroatoms. The van der Waals surface area contributed by atoms with Crippen molar-refractivity contribution in [3.8, 4) is 22.8 Å². The number of para-hydroxylation sites is 1. The zero-order valence-corrected chi connectivity index (χ0v) is 19.7. The first kappa shape index (κ1) is 22.1. The molecule has 0 saturated carbocycles. The fraction of sp³-hybridized carbons (Fsp3) is 0.222. The Kier molecular flexibility index (Phi) is 5.74. The van der Waals surface area contributed by atoms with Crippen molar-refractivity contribution in [2.24, 2.45) is 0 Å². The number of nitrogens with one attached hydrogen (secondary N) is 2. The third kappa shape index (κ3) is 4.48. The van der Waals surface area contributed by atoms with Crippen LogP contribution < -0.4 is 26.2 Å². The van der Waals surface area contributed by atoms with E-state index in [9.17, 15) is 4.79 Å². The van der Waals surface area contributed by atoms with Crippen molar-refractivity contribution in [3.05, 3.63) is 88.0 Å². The standard InChI is InChI=1S/C27H26N6O3/c28-27-30-15-17(16-31-27)14-29-20-4-5-24-19(11-20)10-18-2-1-3-22(26(18)36-24)23-12-21(13-25(34)32-23)33-6-8-35-9-7-33/h1-5,11-13,15-16,29H,6-10,14H2,(H,32,34)(H2,28,30,31). The summed E-state index contributed by atoms with van der Waals surface area (Å²) in [4.78, 5) is 25.8. The maximum atomic E-state index is 12.5. The van der Waals surface area contributed by atoms with Crippen molar-refractivity contribution < 1.29 is 9.47 Å². The zero-order valence-electron chi connectivity index (χ0n) is 19.7. The van der Waals surface area contributed by atoms with E-state index in [1.165, 1.54) is 0 Å². The molecular formula is C27H26N6O3. The van der Waals surface area contributed by atoms with Crippen molar-refractivity contribution in [2.75, 3.05) is 42.3 Å². The maximum absolute atomic E-state index is 12.5. The fourth-order valence-electron chi connectivity index (χ4n) is 4.64. The van der Waals surface area contributed by atoms with Crippen LogP contribution in [-0.2, 0) is 17.7 Å². The first-order valence-electron chi connectivity index (χ1n) is 11.9. The van der Waals surface area contributed by atoms with E-state index in [1.54, 1.807) is 18.5 Å². The second-order valence-corrected chi connectivity index (χ2v) is 8.91. The molecule has 0 radical (unpaired) electrons. The van der Waals surface area contributed by atoms with E-state index >= 15 is 0 Å². The maximum Gasteiger partial charge on any atom is 0.250 e. The van der Waals surface area contributed by atoms with Gasteiger partial charge in [-0.1, -0.05) is 12.1 Å². The number of nitrogen functional groups attached to an aromatic ring is 1. The van der Waals surface area contributed by atoms with Crippen LogP contribution in [0.2, 0.25) is 0 Å². The van der Waals surface area contributed by atoms with Gasteiger partial charge in [0.2, 0.25) is 11.5 Å². The number of hydrogen-bond acceptors (Lipinski definition) is 8. The number of ether oxygens (including phenoxy) is 2. The number of aromatic amines is 1. The molecule has 0 amide bonds. The zero-order chi connectivity index (χ0) is 24.5. The predicted molar refractivity (Wildman–Crippen MR) is 139 cm³/mol. The summed E-state index contributed by atoms with van der Waals surface area (Å²) in [5.41, 5.74) is 12.0. The molecular weight excluding hydrogens is 456 g/mol. The van der Waals surface area contributed by atoms with Crippen molar-refractivity contribution >= 4 is 17.3 Å². The molecule has 2 aromatic heterocycles. The Hall–Kier alpha value is -4.37. The van der Waals surface area contributed by atoms with Gasteiger partial charge in [0.1, 0.15) is 11.5 Å². The van der Waals surface area contributed by atoms with Gasteiger partial charge in [-0.15, -0.1) is 0 Å². The quantitative estimate of drug-likeness (QED) is 0.348. The first-order chi connectivity index (χ1) is 17.6. The molecule has 6 rings (SSSR count). The summed E-state index contributed by atoms with van der Waals surface area (Å²) in [7, 11) is 0. The number of nitrogens with zero attached hydrogens (tertiary/aromatic N) is 3. The number of fused-ring (bicyclic) bond motifs is 2. The molecule has 1 fully saturated rings. The molecule has 0 spiro atoms. The van der Waals surface area contributed by atoms with E-state index in [1.807, 2.05) is 30.3 Å². The minimum atomic E-state index is -0.134. The highest BCUT2D eigenvalue weighted by molar-refractivity contribution is 5.74. The van der Waals surface area contributed by atoms with Gasteiger partial charge in [0, 0.05) is 72.6 Å². The van der Waals surface area contributed by atoms with Gasteiger partial charge in [-0.3, -0.25) is 4.79 Å². The van der Waals surface area contributed by atoms with E-state index in [4.69, 9.17) is 15.2 Å². The van der Waals surface area contributed by atoms with Crippen molar-refractivity contribution in [1.29, 1.82) is 0 Å². The Balaban J connectivity index is 1.26. The highest BCUT2D eigenvalue weighted by Gasteiger charge is 2.22. The molecule has 4 N–H and O–H groups in total. The summed E-state index contributed by atoms with van der Waals surface area (Å²) in [6.45, 7) is 3.44. The molecule has 9 nitrogen and oxygen atoms in total. The van der Waals surface area contributed by atoms with E-state index in [0.29, 0.717) is 19.8 Å². The average molecular weight is 483 g/mol. The third-order valence-corrected chi connectivity index (χ3v) is 6.47. The van der Waals surface area contributed by atoms with E-state index < -0.39 is 0 Å². The van der Waals surface area contributed by atoms with E-state index in [0.717, 1.165) is 70.3 Å². The fourth-order valence-corrected chi connectivity index (χ4v) is 4.64. The summed E-state index contributed by atoms with van der Waals surface area (Å²) in [5, 5.41) is 3.41. The molecule has 1 saturated heterocycles. The molecule has 4 heterocycles. The Morgan fingerprint density at radius 1 is 1.03 bits per heavy atom. The molecule has 182 valence electrons. The summed E-state index contributed by atoms with van der Waals surface area (Å²) < 4.78 is 11.9. The highest BCUT2D eigenvalue weighted by Crippen LogP contribution is 2.43. The summed E-state index contributed by atoms with van der Waals surface area (Å²) in [6, 6.07) is 15.8. The van der Waals surface area contributed by atoms with Gasteiger partial charge in [0.05, 0.1) is 18.9 Å². The largest absolute Gasteiger partial charge is 0.456 e. The molecule has 2 aliphatic rings. The Morgan fingerprint density at radius 2 is 1.86 bits per heavy atom. The average Bonchev–Trinajstić information content (AvgIpc) is 2.91. The minimum absolute atomic E-state index is 0.134. The number of pyridine rings is 1. The van der Waals surface area contributed by atoms with Gasteiger partial charge in [0.25, 0.3) is 0 Å². The van der Waals surface area contributed by atoms with Crippen LogP contribution in [0.1, 0.15) is 16.7 Å². The molecule has 0 bridgehead atoms. The van der Waals surface area contributed by atoms with Gasteiger partial charge in [-0.2, -0.15) is 0 Å². The minimum Gasteiger partial charge on any atom is -0.456 e. The first-order valence-corrected chi connectivity index (χ1v) is 11.9. The van der Waals surface area contributed by atoms with Crippen LogP contribution in [0.4, 0.5) is 17.3 Å². The number of anilines is 3. The molecule has 2 aliphatic heterocycles. The van der Waals surface area contributed by atoms with Crippen LogP contribution in [0.15, 0.2) is 65.7 Å². The Bertz CT molecular complexity index is 1460. The second-order valence-electron chi connectivity index (χ2n) is 8.91. The van der Waals surface area contributed by atoms with Crippen molar-refractivity contribution in [1.82, 2.24) is 15.0 Å². The molecule has 4 aromatic rings. The van der Waals surface area contributed by atoms with Crippen LogP contribution >= 0.6 is 0 Å². The number of rotatable bonds is 5. The molecule has 2 aromatic carbocycles. The topological polar surface area (TPSA) is 118 Å². The monoisotopic (exact) mass is 482 g/mol. The summed E-state index contributed by atoms with van der Waals surface area (Å²) >= 11 is 0. The smallest absolute Gasteiger partial charge is 0.250 e. The third-order valence-electron chi connectivity index (χ3n) is 6.47. The van der Waals surface area contributed by atoms with Gasteiger partial charge in [-0.25, -0.2) is 9.97 Å². The number of hydrogen-bond donors (Lipinski definition) is 3. The lowest BCUT2D eigenvalue weighted by atomic mass is 9.96. The van der Waals surface area contributed by atoms with Gasteiger partial charge in [0.15, 0.2) is 0 Å². The molecule has 0 unspecified atom stereocenters. The molecule has 0 atom stereocenters. The lowest BCUT2D eigenvalue weighted by Crippen LogP contribution is -2.36. The van der Waals surface area contributed by atoms with Crippen molar-refractivity contribution in [3.63, 3.8) is 0 Å². The van der Waals surface area contributed by atoms with Gasteiger partial charge in [-0.05, 0) is 35.9 Å². The number of morpholine rings is 1. The SMILES string of the molecule is Nc1ncc(CNc2ccc3c(c2)Cc2cccc(-c4cc(N5CCOCC5)cc(=O)[nH]4)c2O3)cn1. The van der Waals surface area contributed by atoms with Crippen LogP contribution in [0.5, 0.6) is 11.5 Å². The molecule has 36 heavy (non-hydrogen) atoms. The van der Waals surface area contributed by atoms with Crippen LogP contribution in [-0.4, -0.2) is 41.3 Å². The Labute approximate surface area is 207 Å². The number of aromatic nitrogens is 3. The van der Waals surface area contributed by atoms with Crippen LogP contribution in [0.25, 0.3) is 11.3 Å². The lowest BCUT2D eigenvalue weighted by Gasteiger charge is -2.29. The highest BCUT2D eigenvalue weighted by atomic mass is 16.5. The van der Waals surface area contributed by atoms with Gasteiger partial charge < -0.3 is 30.4 Å². The van der Waals surface area contributed by atoms with Crippen LogP contribution in [0.3, 0.4) is 0 Å². The predicted octanol–water partition coefficient (Wildman–Crippen LogP) is 3.56. The second kappa shape index (κ2) is 9.35. The Morgan fingerprint density at radius 3 is 2.69 bits per heavy atom. The van der Waals surface area contributed by atoms with Crippen molar-refractivity contribution in [2.45, 2.75) is 13.0 Å². The van der Waals surface area contributed by atoms with E-state index in [2.05, 4.69) is 37.3 Å². The van der Waals surface area contributed by atoms with Crippen LogP contribution in [0, 0.1) is 0 Å². The number of H-pyrrole nitrogens is 1.